The zero-order chi connectivity index (χ0) is 20.7. The largest absolute Gasteiger partial charge is 0.497 e. The fourth-order valence-electron chi connectivity index (χ4n) is 2.75. The van der Waals surface area contributed by atoms with Gasteiger partial charge in [-0.3, -0.25) is 4.79 Å². The topological polar surface area (TPSA) is 82.1 Å². The Morgan fingerprint density at radius 3 is 2.21 bits per heavy atom. The van der Waals surface area contributed by atoms with Crippen LogP contribution in [-0.4, -0.2) is 62.7 Å². The molecule has 28 heavy (non-hydrogen) atoms. The molecule has 0 radical (unpaired) electrons. The number of likely N-dealkylation sites (N-methyl/N-ethyl adjacent to an activating group) is 2. The van der Waals surface area contributed by atoms with E-state index in [1.165, 1.54) is 6.07 Å². The number of anilines is 2. The molecule has 7 heteroatoms. The van der Waals surface area contributed by atoms with Crippen molar-refractivity contribution in [2.24, 2.45) is 0 Å². The molecule has 0 spiro atoms. The summed E-state index contributed by atoms with van der Waals surface area (Å²) in [4.78, 5) is 28.3. The van der Waals surface area contributed by atoms with E-state index in [2.05, 4.69) is 15.1 Å². The van der Waals surface area contributed by atoms with Crippen molar-refractivity contribution in [2.75, 3.05) is 51.1 Å². The number of carboxylic acid groups (broad SMARTS) is 1. The highest BCUT2D eigenvalue weighted by atomic mass is 16.5. The zero-order valence-corrected chi connectivity index (χ0v) is 16.7. The molecule has 2 aromatic rings. The standard InChI is InChI=1S/C21H27N3O4/c1-5-24(13-12-23(2)3)19-11-8-16(21(26)27)14-18(19)22-20(25)15-6-9-17(28-4)10-7-15/h6-11,14H,5,12-13H2,1-4H3,(H,22,25)(H,26,27). The van der Waals surface area contributed by atoms with Gasteiger partial charge in [-0.1, -0.05) is 0 Å². The average Bonchev–Trinajstić information content (AvgIpc) is 2.68. The Bertz CT molecular complexity index is 819. The molecular weight excluding hydrogens is 358 g/mol. The summed E-state index contributed by atoms with van der Waals surface area (Å²) >= 11 is 0. The maximum Gasteiger partial charge on any atom is 0.335 e. The molecule has 0 aromatic heterocycles. The summed E-state index contributed by atoms with van der Waals surface area (Å²) in [5.74, 6) is -0.691. The molecule has 0 unspecified atom stereocenters. The second kappa shape index (κ2) is 9.75. The quantitative estimate of drug-likeness (QED) is 0.690. The van der Waals surface area contributed by atoms with Crippen molar-refractivity contribution in [3.63, 3.8) is 0 Å². The Labute approximate surface area is 165 Å². The highest BCUT2D eigenvalue weighted by Crippen LogP contribution is 2.28. The van der Waals surface area contributed by atoms with E-state index in [1.54, 1.807) is 43.5 Å². The molecule has 0 aliphatic heterocycles. The Kier molecular flexibility index (Phi) is 7.40. The third-order valence-electron chi connectivity index (χ3n) is 4.38. The number of nitrogens with one attached hydrogen (secondary N) is 1. The van der Waals surface area contributed by atoms with Crippen LogP contribution in [0.5, 0.6) is 5.75 Å². The van der Waals surface area contributed by atoms with Gasteiger partial charge >= 0.3 is 5.97 Å². The number of methoxy groups -OCH3 is 1. The van der Waals surface area contributed by atoms with Gasteiger partial charge in [-0.05, 0) is 63.5 Å². The third-order valence-corrected chi connectivity index (χ3v) is 4.38. The first-order valence-electron chi connectivity index (χ1n) is 9.08. The molecule has 0 saturated carbocycles. The molecule has 2 N–H and O–H groups in total. The second-order valence-electron chi connectivity index (χ2n) is 6.60. The Balaban J connectivity index is 2.33. The van der Waals surface area contributed by atoms with E-state index in [0.717, 1.165) is 25.3 Å². The van der Waals surface area contributed by atoms with E-state index < -0.39 is 5.97 Å². The number of hydrogen-bond donors (Lipinski definition) is 2. The van der Waals surface area contributed by atoms with Crippen LogP contribution in [0.3, 0.4) is 0 Å². The number of rotatable bonds is 9. The Morgan fingerprint density at radius 2 is 1.68 bits per heavy atom. The van der Waals surface area contributed by atoms with Gasteiger partial charge in [0, 0.05) is 25.2 Å². The van der Waals surface area contributed by atoms with Crippen molar-refractivity contribution in [3.8, 4) is 5.75 Å². The summed E-state index contributed by atoms with van der Waals surface area (Å²) in [6.07, 6.45) is 0. The lowest BCUT2D eigenvalue weighted by Gasteiger charge is -2.27. The predicted octanol–water partition coefficient (Wildman–Crippen LogP) is 3.03. The smallest absolute Gasteiger partial charge is 0.335 e. The van der Waals surface area contributed by atoms with Crippen LogP contribution in [0.4, 0.5) is 11.4 Å². The van der Waals surface area contributed by atoms with Gasteiger partial charge in [-0.25, -0.2) is 4.79 Å². The van der Waals surface area contributed by atoms with Gasteiger partial charge in [-0.15, -0.1) is 0 Å². The lowest BCUT2D eigenvalue weighted by Crippen LogP contribution is -2.32. The van der Waals surface area contributed by atoms with Gasteiger partial charge in [0.15, 0.2) is 0 Å². The number of amides is 1. The van der Waals surface area contributed by atoms with Crippen molar-refractivity contribution in [1.29, 1.82) is 0 Å². The van der Waals surface area contributed by atoms with Crippen molar-refractivity contribution in [2.45, 2.75) is 6.92 Å². The number of nitrogens with zero attached hydrogens (tertiary/aromatic N) is 2. The lowest BCUT2D eigenvalue weighted by molar-refractivity contribution is 0.0696. The summed E-state index contributed by atoms with van der Waals surface area (Å²) in [5, 5.41) is 12.2. The monoisotopic (exact) mass is 385 g/mol. The number of aromatic carboxylic acids is 1. The minimum Gasteiger partial charge on any atom is -0.497 e. The number of carboxylic acids is 1. The zero-order valence-electron chi connectivity index (χ0n) is 16.7. The average molecular weight is 385 g/mol. The number of carbonyl (C=O) groups excluding carboxylic acids is 1. The summed E-state index contributed by atoms with van der Waals surface area (Å²) in [6.45, 7) is 4.34. The van der Waals surface area contributed by atoms with Crippen LogP contribution >= 0.6 is 0 Å². The second-order valence-corrected chi connectivity index (χ2v) is 6.60. The van der Waals surface area contributed by atoms with E-state index in [0.29, 0.717) is 17.0 Å². The molecular formula is C21H27N3O4. The van der Waals surface area contributed by atoms with E-state index in [4.69, 9.17) is 4.74 Å². The van der Waals surface area contributed by atoms with E-state index >= 15 is 0 Å². The van der Waals surface area contributed by atoms with Crippen LogP contribution in [0.2, 0.25) is 0 Å². The fraction of sp³-hybridized carbons (Fsp3) is 0.333. The normalized spacial score (nSPS) is 10.6. The van der Waals surface area contributed by atoms with Gasteiger partial charge in [-0.2, -0.15) is 0 Å². The van der Waals surface area contributed by atoms with E-state index in [9.17, 15) is 14.7 Å². The minimum absolute atomic E-state index is 0.123. The number of benzene rings is 2. The van der Waals surface area contributed by atoms with Crippen molar-refractivity contribution < 1.29 is 19.4 Å². The molecule has 0 bridgehead atoms. The summed E-state index contributed by atoms with van der Waals surface area (Å²) in [5.41, 5.74) is 1.85. The summed E-state index contributed by atoms with van der Waals surface area (Å²) < 4.78 is 5.11. The van der Waals surface area contributed by atoms with Gasteiger partial charge in [0.25, 0.3) is 5.91 Å². The lowest BCUT2D eigenvalue weighted by atomic mass is 10.1. The van der Waals surface area contributed by atoms with Crippen LogP contribution in [-0.2, 0) is 0 Å². The number of ether oxygens (including phenoxy) is 1. The van der Waals surface area contributed by atoms with Crippen LogP contribution in [0, 0.1) is 0 Å². The van der Waals surface area contributed by atoms with Crippen LogP contribution < -0.4 is 15.0 Å². The maximum absolute atomic E-state index is 12.7. The van der Waals surface area contributed by atoms with Crippen LogP contribution in [0.25, 0.3) is 0 Å². The minimum atomic E-state index is -1.04. The number of carbonyl (C=O) groups is 2. The van der Waals surface area contributed by atoms with Gasteiger partial charge < -0.3 is 25.0 Å². The Hall–Kier alpha value is -3.06. The molecule has 7 nitrogen and oxygen atoms in total. The molecule has 2 aromatic carbocycles. The first-order chi connectivity index (χ1) is 13.3. The molecule has 0 aliphatic rings. The molecule has 0 aliphatic carbocycles. The molecule has 0 saturated heterocycles. The maximum atomic E-state index is 12.7. The van der Waals surface area contributed by atoms with Crippen molar-refractivity contribution >= 4 is 23.3 Å². The highest BCUT2D eigenvalue weighted by Gasteiger charge is 2.16. The molecule has 0 atom stereocenters. The SMILES string of the molecule is CCN(CCN(C)C)c1ccc(C(=O)O)cc1NC(=O)c1ccc(OC)cc1. The molecule has 150 valence electrons. The van der Waals surface area contributed by atoms with Gasteiger partial charge in [0.05, 0.1) is 24.0 Å². The van der Waals surface area contributed by atoms with E-state index in [1.807, 2.05) is 21.0 Å². The molecule has 0 fully saturated rings. The first-order valence-corrected chi connectivity index (χ1v) is 9.08. The van der Waals surface area contributed by atoms with Gasteiger partial charge in [0.1, 0.15) is 5.75 Å². The molecule has 0 heterocycles. The highest BCUT2D eigenvalue weighted by molar-refractivity contribution is 6.06. The first kappa shape index (κ1) is 21.2. The summed E-state index contributed by atoms with van der Waals surface area (Å²) in [6, 6.07) is 11.5. The number of hydrogen-bond acceptors (Lipinski definition) is 5. The van der Waals surface area contributed by atoms with Gasteiger partial charge in [0.2, 0.25) is 0 Å². The Morgan fingerprint density at radius 1 is 1.04 bits per heavy atom. The van der Waals surface area contributed by atoms with E-state index in [-0.39, 0.29) is 11.5 Å². The van der Waals surface area contributed by atoms with Crippen LogP contribution in [0.1, 0.15) is 27.6 Å². The molecule has 2 rings (SSSR count). The van der Waals surface area contributed by atoms with Crippen molar-refractivity contribution in [1.82, 2.24) is 4.90 Å². The fourth-order valence-corrected chi connectivity index (χ4v) is 2.75. The van der Waals surface area contributed by atoms with Crippen LogP contribution in [0.15, 0.2) is 42.5 Å². The van der Waals surface area contributed by atoms with Crippen molar-refractivity contribution in [3.05, 3.63) is 53.6 Å². The molecule has 1 amide bonds. The third kappa shape index (κ3) is 5.47. The predicted molar refractivity (Wildman–Crippen MR) is 111 cm³/mol. The summed E-state index contributed by atoms with van der Waals surface area (Å²) in [7, 11) is 5.55.